The van der Waals surface area contributed by atoms with Gasteiger partial charge in [-0.2, -0.15) is 0 Å². The quantitative estimate of drug-likeness (QED) is 0.409. The molecular weight excluding hydrogens is 474 g/mol. The summed E-state index contributed by atoms with van der Waals surface area (Å²) in [4.78, 5) is 44.6. The van der Waals surface area contributed by atoms with Crippen LogP contribution in [0.1, 0.15) is 39.3 Å². The van der Waals surface area contributed by atoms with Crippen LogP contribution in [0.2, 0.25) is 0 Å². The van der Waals surface area contributed by atoms with Crippen LogP contribution in [0.4, 0.5) is 9.59 Å². The maximum Gasteiger partial charge on any atom is 0.338 e. The molecule has 4 amide bonds. The Hall–Kier alpha value is -3.53. The molecule has 10 nitrogen and oxygen atoms in total. The van der Waals surface area contributed by atoms with Crippen LogP contribution < -0.4 is 15.4 Å². The van der Waals surface area contributed by atoms with Crippen LogP contribution >= 0.6 is 0 Å². The maximum atomic E-state index is 13.3. The normalized spacial score (nSPS) is 18.8. The first-order valence-electron chi connectivity index (χ1n) is 12.6. The number of hydrogen-bond donors (Lipinski definition) is 2. The van der Waals surface area contributed by atoms with Gasteiger partial charge in [0, 0.05) is 50.5 Å². The van der Waals surface area contributed by atoms with Gasteiger partial charge in [0.25, 0.3) is 0 Å². The van der Waals surface area contributed by atoms with Gasteiger partial charge in [0.1, 0.15) is 5.75 Å². The molecule has 2 N–H and O–H groups in total. The lowest BCUT2D eigenvalue weighted by Crippen LogP contribution is -2.56. The molecule has 1 atom stereocenters. The van der Waals surface area contributed by atoms with Gasteiger partial charge in [0.2, 0.25) is 0 Å². The van der Waals surface area contributed by atoms with Crippen molar-refractivity contribution in [2.24, 2.45) is 0 Å². The fourth-order valence-corrected chi connectivity index (χ4v) is 4.41. The summed E-state index contributed by atoms with van der Waals surface area (Å²) in [5.74, 6) is 0.199. The molecular formula is C27H39N5O5. The highest BCUT2D eigenvalue weighted by molar-refractivity contribution is 5.95. The van der Waals surface area contributed by atoms with Gasteiger partial charge < -0.3 is 25.0 Å². The van der Waals surface area contributed by atoms with Gasteiger partial charge >= 0.3 is 18.0 Å². The molecule has 3 rings (SSSR count). The number of amides is 4. The Morgan fingerprint density at radius 2 is 1.81 bits per heavy atom. The van der Waals surface area contributed by atoms with Crippen molar-refractivity contribution in [3.05, 3.63) is 53.8 Å². The first kappa shape index (κ1) is 28.0. The fraction of sp³-hybridized carbons (Fsp3) is 0.519. The molecule has 0 saturated carbocycles. The molecule has 0 unspecified atom stereocenters. The second-order valence-corrected chi connectivity index (χ2v) is 10.1. The number of rotatable bonds is 8. The largest absolute Gasteiger partial charge is 0.497 e. The fourth-order valence-electron chi connectivity index (χ4n) is 4.41. The molecule has 2 aliphatic rings. The minimum absolute atomic E-state index is 0.0940. The summed E-state index contributed by atoms with van der Waals surface area (Å²) in [6.45, 7) is 14.5. The molecule has 2 aliphatic heterocycles. The van der Waals surface area contributed by atoms with E-state index >= 15 is 0 Å². The summed E-state index contributed by atoms with van der Waals surface area (Å²) in [6.07, 6.45) is 1.63. The molecule has 0 bridgehead atoms. The van der Waals surface area contributed by atoms with Crippen molar-refractivity contribution in [3.8, 4) is 5.75 Å². The molecule has 37 heavy (non-hydrogen) atoms. The van der Waals surface area contributed by atoms with E-state index in [2.05, 4.69) is 22.1 Å². The lowest BCUT2D eigenvalue weighted by atomic mass is 9.94. The Kier molecular flexibility index (Phi) is 9.20. The first-order chi connectivity index (χ1) is 17.6. The zero-order chi connectivity index (χ0) is 27.2. The molecule has 0 spiro atoms. The third kappa shape index (κ3) is 7.03. The molecule has 2 heterocycles. The molecule has 202 valence electrons. The molecule has 1 aromatic rings. The van der Waals surface area contributed by atoms with Crippen LogP contribution in [0.15, 0.2) is 48.2 Å². The van der Waals surface area contributed by atoms with Crippen LogP contribution in [0, 0.1) is 0 Å². The van der Waals surface area contributed by atoms with Crippen LogP contribution in [0.3, 0.4) is 0 Å². The Morgan fingerprint density at radius 1 is 1.16 bits per heavy atom. The average Bonchev–Trinajstić information content (AvgIpc) is 2.85. The maximum absolute atomic E-state index is 13.3. The molecule has 1 saturated heterocycles. The molecule has 0 radical (unpaired) electrons. The number of methoxy groups -OCH3 is 1. The van der Waals surface area contributed by atoms with E-state index in [1.54, 1.807) is 37.1 Å². The number of urea groups is 2. The van der Waals surface area contributed by atoms with Crippen molar-refractivity contribution in [2.45, 2.75) is 39.3 Å². The number of piperazine rings is 1. The Morgan fingerprint density at radius 3 is 2.35 bits per heavy atom. The lowest BCUT2D eigenvalue weighted by Gasteiger charge is -2.40. The second kappa shape index (κ2) is 12.1. The van der Waals surface area contributed by atoms with Crippen LogP contribution in [-0.4, -0.2) is 91.3 Å². The number of carbonyl (C=O) groups excluding carboxylic acids is 3. The van der Waals surface area contributed by atoms with E-state index in [9.17, 15) is 14.4 Å². The summed E-state index contributed by atoms with van der Waals surface area (Å²) >= 11 is 0. The highest BCUT2D eigenvalue weighted by atomic mass is 16.5. The van der Waals surface area contributed by atoms with Crippen LogP contribution in [-0.2, 0) is 9.53 Å². The number of benzene rings is 1. The molecule has 1 fully saturated rings. The molecule has 1 aromatic carbocycles. The minimum atomic E-state index is -0.674. The van der Waals surface area contributed by atoms with E-state index in [4.69, 9.17) is 9.47 Å². The predicted molar refractivity (Wildman–Crippen MR) is 141 cm³/mol. The highest BCUT2D eigenvalue weighted by Crippen LogP contribution is 2.33. The molecule has 10 heteroatoms. The zero-order valence-corrected chi connectivity index (χ0v) is 22.5. The van der Waals surface area contributed by atoms with Crippen LogP contribution in [0.25, 0.3) is 0 Å². The Labute approximate surface area is 219 Å². The minimum Gasteiger partial charge on any atom is -0.497 e. The average molecular weight is 514 g/mol. The SMILES string of the molecule is C=CCN1C(=O)N[C@H](c2ccc(OC)cc2)C(C(=O)OCC)=C1CN1CCN(C(=O)NC(C)(C)C)CC1. The monoisotopic (exact) mass is 513 g/mol. The number of nitrogens with one attached hydrogen (secondary N) is 2. The third-order valence-electron chi connectivity index (χ3n) is 6.21. The van der Waals surface area contributed by atoms with E-state index < -0.39 is 12.0 Å². The number of esters is 1. The Balaban J connectivity index is 1.92. The zero-order valence-electron chi connectivity index (χ0n) is 22.5. The standard InChI is InChI=1S/C27H39N5O5/c1-7-13-32-21(18-30-14-16-31(17-15-30)26(35)29-27(3,4)5)22(24(33)37-8-2)23(28-25(32)34)19-9-11-20(36-6)12-10-19/h7,9-12,23H,1,8,13-18H2,2-6H3,(H,28,34)(H,29,35)/t23-/m1/s1. The van der Waals surface area contributed by atoms with Gasteiger partial charge in [-0.05, 0) is 45.4 Å². The van der Waals surface area contributed by atoms with Crippen molar-refractivity contribution in [2.75, 3.05) is 53.0 Å². The van der Waals surface area contributed by atoms with Gasteiger partial charge in [-0.25, -0.2) is 14.4 Å². The van der Waals surface area contributed by atoms with Gasteiger partial charge in [-0.3, -0.25) is 9.80 Å². The van der Waals surface area contributed by atoms with Gasteiger partial charge in [-0.15, -0.1) is 6.58 Å². The van der Waals surface area contributed by atoms with Crippen LogP contribution in [0.5, 0.6) is 5.75 Å². The summed E-state index contributed by atoms with van der Waals surface area (Å²) in [6, 6.07) is 6.17. The first-order valence-corrected chi connectivity index (χ1v) is 12.6. The summed E-state index contributed by atoms with van der Waals surface area (Å²) in [5.41, 5.74) is 1.40. The second-order valence-electron chi connectivity index (χ2n) is 10.1. The number of ether oxygens (including phenoxy) is 2. The van der Waals surface area contributed by atoms with Crippen molar-refractivity contribution >= 4 is 18.0 Å². The van der Waals surface area contributed by atoms with Crippen molar-refractivity contribution < 1.29 is 23.9 Å². The molecule has 0 aromatic heterocycles. The topological polar surface area (TPSA) is 103 Å². The summed E-state index contributed by atoms with van der Waals surface area (Å²) in [5, 5.41) is 5.96. The number of nitrogens with zero attached hydrogens (tertiary/aromatic N) is 3. The lowest BCUT2D eigenvalue weighted by molar-refractivity contribution is -0.139. The predicted octanol–water partition coefficient (Wildman–Crippen LogP) is 2.89. The smallest absolute Gasteiger partial charge is 0.338 e. The van der Waals surface area contributed by atoms with Crippen molar-refractivity contribution in [1.29, 1.82) is 0 Å². The Bertz CT molecular complexity index is 1020. The van der Waals surface area contributed by atoms with E-state index in [1.807, 2.05) is 32.9 Å². The third-order valence-corrected chi connectivity index (χ3v) is 6.21. The van der Waals surface area contributed by atoms with Gasteiger partial charge in [-0.1, -0.05) is 18.2 Å². The summed E-state index contributed by atoms with van der Waals surface area (Å²) < 4.78 is 10.7. The van der Waals surface area contributed by atoms with Gasteiger partial charge in [0.15, 0.2) is 0 Å². The van der Waals surface area contributed by atoms with Crippen molar-refractivity contribution in [3.63, 3.8) is 0 Å². The van der Waals surface area contributed by atoms with E-state index in [-0.39, 0.29) is 30.8 Å². The summed E-state index contributed by atoms with van der Waals surface area (Å²) in [7, 11) is 1.58. The highest BCUT2D eigenvalue weighted by Gasteiger charge is 2.39. The van der Waals surface area contributed by atoms with E-state index in [1.165, 1.54) is 4.90 Å². The van der Waals surface area contributed by atoms with E-state index in [0.717, 1.165) is 5.56 Å². The number of hydrogen-bond acceptors (Lipinski definition) is 6. The van der Waals surface area contributed by atoms with Gasteiger partial charge in [0.05, 0.1) is 25.3 Å². The van der Waals surface area contributed by atoms with E-state index in [0.29, 0.717) is 49.7 Å². The van der Waals surface area contributed by atoms with Crippen molar-refractivity contribution in [1.82, 2.24) is 25.3 Å². The number of carbonyl (C=O) groups is 3. The molecule has 0 aliphatic carbocycles.